The molecule has 0 aromatic heterocycles. The van der Waals surface area contributed by atoms with Crippen molar-refractivity contribution in [2.45, 2.75) is 26.4 Å². The third-order valence-electron chi connectivity index (χ3n) is 0. The van der Waals surface area contributed by atoms with E-state index in [1.54, 1.807) is 20.8 Å². The van der Waals surface area contributed by atoms with Gasteiger partial charge in [0.1, 0.15) is 0 Å². The summed E-state index contributed by atoms with van der Waals surface area (Å²) in [6, 6.07) is 0. The average molecular weight is 166 g/mol. The van der Waals surface area contributed by atoms with Crippen LogP contribution in [0.15, 0.2) is 0 Å². The normalized spacial score (nSPS) is 8.57. The number of hydrogen-bond donors (Lipinski definition) is 1. The molecular weight excluding hydrogens is 155 g/mol. The Balaban J connectivity index is -0.0000000800. The molecule has 0 spiro atoms. The van der Waals surface area contributed by atoms with Gasteiger partial charge < -0.3 is 5.11 Å². The first-order valence-corrected chi connectivity index (χ1v) is 1.72. The Morgan fingerprint density at radius 3 is 1.14 bits per heavy atom. The Morgan fingerprint density at radius 2 is 1.14 bits per heavy atom. The molecule has 0 rings (SSSR count). The summed E-state index contributed by atoms with van der Waals surface area (Å²) < 4.78 is 0. The van der Waals surface area contributed by atoms with Gasteiger partial charge in [0.15, 0.2) is 0 Å². The molecule has 0 saturated carbocycles. The van der Waals surface area contributed by atoms with Crippen molar-refractivity contribution < 1.29 is 22.2 Å². The van der Waals surface area contributed by atoms with Gasteiger partial charge in [-0.2, -0.15) is 0 Å². The predicted octanol–water partition coefficient (Wildman–Crippen LogP) is 1.20. The van der Waals surface area contributed by atoms with E-state index in [0.717, 1.165) is 0 Å². The topological polar surface area (TPSA) is 20.2 Å². The maximum absolute atomic E-state index is 8.52. The molecule has 0 aromatic carbocycles. The van der Waals surface area contributed by atoms with Gasteiger partial charge in [0.2, 0.25) is 0 Å². The maximum Gasteiger partial charge on any atom is 0.0563 e. The van der Waals surface area contributed by atoms with Crippen LogP contribution < -0.4 is 0 Å². The van der Waals surface area contributed by atoms with Gasteiger partial charge in [-0.25, -0.2) is 0 Å². The van der Waals surface area contributed by atoms with E-state index in [1.807, 2.05) is 0 Å². The number of hydrogen-bond acceptors (Lipinski definition) is 1. The van der Waals surface area contributed by atoms with Crippen LogP contribution in [0.4, 0.5) is 0 Å². The van der Waals surface area contributed by atoms with E-state index in [9.17, 15) is 0 Å². The van der Waals surface area contributed by atoms with Gasteiger partial charge in [-0.05, 0) is 20.8 Å². The van der Waals surface area contributed by atoms with E-state index in [2.05, 4.69) is 0 Å². The molecule has 0 unspecified atom stereocenters. The minimum Gasteiger partial charge on any atom is -0.391 e. The molecule has 0 amide bonds. The van der Waals surface area contributed by atoms with Gasteiger partial charge in [-0.3, -0.25) is 0 Å². The van der Waals surface area contributed by atoms with Gasteiger partial charge in [0, 0.05) is 17.1 Å². The van der Waals surface area contributed by atoms with Crippen LogP contribution in [0.5, 0.6) is 0 Å². The fourth-order valence-electron chi connectivity index (χ4n) is 0. The Hall–Kier alpha value is 0.769. The van der Waals surface area contributed by atoms with E-state index in [-0.39, 0.29) is 29.5 Å². The Kier molecular flexibility index (Phi) is 11.0. The molecule has 3 heteroatoms. The van der Waals surface area contributed by atoms with Gasteiger partial charge in [0.05, 0.1) is 5.60 Å². The van der Waals surface area contributed by atoms with Crippen LogP contribution >= 0.6 is 12.4 Å². The van der Waals surface area contributed by atoms with Crippen LogP contribution in [0, 0.1) is 0 Å². The second kappa shape index (κ2) is 4.92. The monoisotopic (exact) mass is 166 g/mol. The van der Waals surface area contributed by atoms with Crippen LogP contribution in [0.2, 0.25) is 0 Å². The molecule has 0 heterocycles. The van der Waals surface area contributed by atoms with Crippen molar-refractivity contribution >= 4 is 12.4 Å². The number of halogens is 1. The number of aliphatic hydroxyl groups is 1. The van der Waals surface area contributed by atoms with Crippen LogP contribution in [0.25, 0.3) is 0 Å². The zero-order valence-corrected chi connectivity index (χ0v) is 6.63. The summed E-state index contributed by atoms with van der Waals surface area (Å²) in [5.41, 5.74) is -0.500. The quantitative estimate of drug-likeness (QED) is 0.536. The minimum atomic E-state index is -0.500. The van der Waals surface area contributed by atoms with Crippen molar-refractivity contribution in [1.82, 2.24) is 0 Å². The first kappa shape index (κ1) is 15.7. The molecule has 0 aromatic rings. The molecule has 1 nitrogen and oxygen atoms in total. The van der Waals surface area contributed by atoms with Gasteiger partial charge >= 0.3 is 0 Å². The van der Waals surface area contributed by atoms with Crippen molar-refractivity contribution in [1.29, 1.82) is 0 Å². The van der Waals surface area contributed by atoms with Crippen molar-refractivity contribution in [3.05, 3.63) is 0 Å². The minimum absolute atomic E-state index is 0. The molecule has 0 radical (unpaired) electrons. The summed E-state index contributed by atoms with van der Waals surface area (Å²) in [7, 11) is 0. The third-order valence-corrected chi connectivity index (χ3v) is 0. The standard InChI is InChI=1S/C4H10O.ClH.Fe/c1-4(2,3)5;;/h5H,1-3H3;1H;. The van der Waals surface area contributed by atoms with Crippen LogP contribution in [-0.2, 0) is 17.1 Å². The SMILES string of the molecule is CC(C)(C)O.Cl.[Fe]. The van der Waals surface area contributed by atoms with Gasteiger partial charge in [-0.1, -0.05) is 0 Å². The number of rotatable bonds is 0. The summed E-state index contributed by atoms with van der Waals surface area (Å²) in [5.74, 6) is 0. The first-order chi connectivity index (χ1) is 2.00. The second-order valence-electron chi connectivity index (χ2n) is 2.17. The second-order valence-corrected chi connectivity index (χ2v) is 2.17. The molecule has 0 aliphatic carbocycles. The van der Waals surface area contributed by atoms with Crippen LogP contribution in [0.1, 0.15) is 20.8 Å². The van der Waals surface area contributed by atoms with Crippen molar-refractivity contribution in [2.24, 2.45) is 0 Å². The Labute approximate surface area is 61.4 Å². The Bertz CT molecular complexity index is 27.2. The molecule has 1 N–H and O–H groups in total. The third kappa shape index (κ3) is 260. The van der Waals surface area contributed by atoms with Crippen molar-refractivity contribution in [3.63, 3.8) is 0 Å². The average Bonchev–Trinajstić information content (AvgIpc) is 0.722. The molecular formula is C4H11ClFeO. The molecule has 0 aliphatic rings. The summed E-state index contributed by atoms with van der Waals surface area (Å²) in [5, 5.41) is 8.52. The van der Waals surface area contributed by atoms with Crippen molar-refractivity contribution in [2.75, 3.05) is 0 Å². The van der Waals surface area contributed by atoms with Gasteiger partial charge in [-0.15, -0.1) is 12.4 Å². The van der Waals surface area contributed by atoms with E-state index in [0.29, 0.717) is 0 Å². The van der Waals surface area contributed by atoms with Crippen LogP contribution in [-0.4, -0.2) is 10.7 Å². The zero-order chi connectivity index (χ0) is 4.50. The van der Waals surface area contributed by atoms with E-state index in [1.165, 1.54) is 0 Å². The fourth-order valence-corrected chi connectivity index (χ4v) is 0. The summed E-state index contributed by atoms with van der Waals surface area (Å²) in [6.45, 7) is 5.23. The smallest absolute Gasteiger partial charge is 0.0563 e. The molecule has 0 atom stereocenters. The Morgan fingerprint density at radius 1 is 1.14 bits per heavy atom. The summed E-state index contributed by atoms with van der Waals surface area (Å²) >= 11 is 0. The molecule has 0 bridgehead atoms. The molecule has 0 aliphatic heterocycles. The molecule has 7 heavy (non-hydrogen) atoms. The molecule has 0 saturated heterocycles. The largest absolute Gasteiger partial charge is 0.391 e. The van der Waals surface area contributed by atoms with E-state index in [4.69, 9.17) is 5.11 Å². The van der Waals surface area contributed by atoms with Crippen LogP contribution in [0.3, 0.4) is 0 Å². The summed E-state index contributed by atoms with van der Waals surface area (Å²) in [6.07, 6.45) is 0. The predicted molar refractivity (Wildman–Crippen MR) is 29.2 cm³/mol. The van der Waals surface area contributed by atoms with E-state index < -0.39 is 5.60 Å². The zero-order valence-electron chi connectivity index (χ0n) is 4.71. The van der Waals surface area contributed by atoms with Gasteiger partial charge in [0.25, 0.3) is 0 Å². The molecule has 48 valence electrons. The molecule has 0 fully saturated rings. The maximum atomic E-state index is 8.52. The van der Waals surface area contributed by atoms with Crippen molar-refractivity contribution in [3.8, 4) is 0 Å². The first-order valence-electron chi connectivity index (χ1n) is 1.72. The summed E-state index contributed by atoms with van der Waals surface area (Å²) in [4.78, 5) is 0. The van der Waals surface area contributed by atoms with E-state index >= 15 is 0 Å². The fraction of sp³-hybridized carbons (Fsp3) is 1.00.